The number of hydrogen-bond donors (Lipinski definition) is 2. The van der Waals surface area contributed by atoms with Crippen LogP contribution in [0.25, 0.3) is 11.3 Å². The van der Waals surface area contributed by atoms with Crippen LogP contribution in [0.2, 0.25) is 0 Å². The highest BCUT2D eigenvalue weighted by atomic mass is 32.2. The molecule has 0 radical (unpaired) electrons. The Kier molecular flexibility index (Phi) is 6.57. The zero-order valence-corrected chi connectivity index (χ0v) is 19.0. The molecule has 1 fully saturated rings. The normalized spacial score (nSPS) is 14.2. The second-order valence-corrected chi connectivity index (χ2v) is 9.56. The fourth-order valence-corrected chi connectivity index (χ4v) is 5.21. The topological polar surface area (TPSA) is 128 Å². The number of nitrogens with zero attached hydrogens (tertiary/aromatic N) is 3. The summed E-state index contributed by atoms with van der Waals surface area (Å²) in [6.07, 6.45) is 3.21. The van der Waals surface area contributed by atoms with Gasteiger partial charge >= 0.3 is 0 Å². The number of benzene rings is 2. The van der Waals surface area contributed by atoms with Crippen molar-refractivity contribution in [1.29, 1.82) is 0 Å². The monoisotopic (exact) mass is 467 g/mol. The van der Waals surface area contributed by atoms with E-state index in [1.807, 2.05) is 24.3 Å². The standard InChI is InChI=1S/C23H25N5O4S/c1-32-20-7-3-2-6-17(20)14-26-23(29)21-22(24)25-15-19(27-21)16-8-10-18(11-9-16)33(30,31)28-12-4-5-13-28/h2-3,6-11,15H,4-5,12-14H2,1H3,(H2,24,25)(H,26,29). The van der Waals surface area contributed by atoms with Gasteiger partial charge in [0.25, 0.3) is 5.91 Å². The molecule has 1 aliphatic rings. The molecule has 2 heterocycles. The van der Waals surface area contributed by atoms with Crippen molar-refractivity contribution in [1.82, 2.24) is 19.6 Å². The summed E-state index contributed by atoms with van der Waals surface area (Å²) in [5.74, 6) is 0.195. The van der Waals surface area contributed by atoms with E-state index in [-0.39, 0.29) is 23.0 Å². The number of nitrogens with one attached hydrogen (secondary N) is 1. The van der Waals surface area contributed by atoms with Crippen molar-refractivity contribution < 1.29 is 17.9 Å². The molecule has 0 bridgehead atoms. The van der Waals surface area contributed by atoms with E-state index < -0.39 is 15.9 Å². The number of methoxy groups -OCH3 is 1. The minimum atomic E-state index is -3.50. The molecule has 0 aliphatic carbocycles. The second kappa shape index (κ2) is 9.55. The quantitative estimate of drug-likeness (QED) is 0.546. The minimum Gasteiger partial charge on any atom is -0.496 e. The summed E-state index contributed by atoms with van der Waals surface area (Å²) in [5.41, 5.74) is 7.75. The SMILES string of the molecule is COc1ccccc1CNC(=O)c1nc(-c2ccc(S(=O)(=O)N3CCCC3)cc2)cnc1N. The largest absolute Gasteiger partial charge is 0.496 e. The average Bonchev–Trinajstić information content (AvgIpc) is 3.39. The third-order valence-electron chi connectivity index (χ3n) is 5.50. The minimum absolute atomic E-state index is 0.00355. The summed E-state index contributed by atoms with van der Waals surface area (Å²) >= 11 is 0. The number of amides is 1. The maximum absolute atomic E-state index is 12.7. The Hall–Kier alpha value is -3.50. The van der Waals surface area contributed by atoms with Gasteiger partial charge in [0, 0.05) is 30.8 Å². The van der Waals surface area contributed by atoms with Crippen molar-refractivity contribution in [2.75, 3.05) is 25.9 Å². The number of nitrogens with two attached hydrogens (primary N) is 1. The summed E-state index contributed by atoms with van der Waals surface area (Å²) in [4.78, 5) is 21.4. The van der Waals surface area contributed by atoms with Crippen molar-refractivity contribution in [3.63, 3.8) is 0 Å². The van der Waals surface area contributed by atoms with Crippen molar-refractivity contribution in [2.24, 2.45) is 0 Å². The Bertz CT molecular complexity index is 1260. The number of carbonyl (C=O) groups excluding carboxylic acids is 1. The molecule has 1 aliphatic heterocycles. The first-order chi connectivity index (χ1) is 15.9. The van der Waals surface area contributed by atoms with Gasteiger partial charge in [-0.1, -0.05) is 30.3 Å². The molecule has 10 heteroatoms. The lowest BCUT2D eigenvalue weighted by Gasteiger charge is -2.15. The Morgan fingerprint density at radius 2 is 1.82 bits per heavy atom. The van der Waals surface area contributed by atoms with Gasteiger partial charge in [-0.2, -0.15) is 4.31 Å². The van der Waals surface area contributed by atoms with E-state index in [1.165, 1.54) is 10.5 Å². The summed E-state index contributed by atoms with van der Waals surface area (Å²) in [6, 6.07) is 13.8. The summed E-state index contributed by atoms with van der Waals surface area (Å²) in [7, 11) is -1.94. The highest BCUT2D eigenvalue weighted by Crippen LogP contribution is 2.25. The number of carbonyl (C=O) groups is 1. The van der Waals surface area contributed by atoms with Gasteiger partial charge in [-0.05, 0) is 31.0 Å². The van der Waals surface area contributed by atoms with Crippen LogP contribution in [0, 0.1) is 0 Å². The Labute approximate surface area is 192 Å². The predicted molar refractivity (Wildman–Crippen MR) is 124 cm³/mol. The van der Waals surface area contributed by atoms with Crippen LogP contribution in [-0.2, 0) is 16.6 Å². The fourth-order valence-electron chi connectivity index (χ4n) is 3.69. The van der Waals surface area contributed by atoms with Crippen molar-refractivity contribution in [3.8, 4) is 17.0 Å². The average molecular weight is 468 g/mol. The smallest absolute Gasteiger partial charge is 0.274 e. The third-order valence-corrected chi connectivity index (χ3v) is 7.41. The first-order valence-corrected chi connectivity index (χ1v) is 12.0. The molecule has 33 heavy (non-hydrogen) atoms. The van der Waals surface area contributed by atoms with Crippen molar-refractivity contribution in [3.05, 3.63) is 66.0 Å². The first kappa shape index (κ1) is 22.7. The maximum atomic E-state index is 12.7. The molecular formula is C23H25N5O4S. The molecule has 1 amide bonds. The molecule has 1 saturated heterocycles. The molecule has 172 valence electrons. The number of rotatable bonds is 7. The van der Waals surface area contributed by atoms with Crippen LogP contribution in [0.5, 0.6) is 5.75 Å². The van der Waals surface area contributed by atoms with E-state index in [0.29, 0.717) is 30.1 Å². The van der Waals surface area contributed by atoms with E-state index in [1.54, 1.807) is 31.4 Å². The lowest BCUT2D eigenvalue weighted by molar-refractivity contribution is 0.0946. The predicted octanol–water partition coefficient (Wildman–Crippen LogP) is 2.45. The van der Waals surface area contributed by atoms with Crippen LogP contribution >= 0.6 is 0 Å². The maximum Gasteiger partial charge on any atom is 0.274 e. The molecule has 0 unspecified atom stereocenters. The highest BCUT2D eigenvalue weighted by Gasteiger charge is 2.27. The number of ether oxygens (including phenoxy) is 1. The number of aromatic nitrogens is 2. The molecule has 0 saturated carbocycles. The van der Waals surface area contributed by atoms with Gasteiger partial charge < -0.3 is 15.8 Å². The molecule has 2 aromatic carbocycles. The van der Waals surface area contributed by atoms with Crippen LogP contribution in [0.4, 0.5) is 5.82 Å². The molecule has 0 spiro atoms. The van der Waals surface area contributed by atoms with Gasteiger partial charge in [-0.3, -0.25) is 4.79 Å². The fraction of sp³-hybridized carbons (Fsp3) is 0.261. The van der Waals surface area contributed by atoms with E-state index >= 15 is 0 Å². The Morgan fingerprint density at radius 1 is 1.12 bits per heavy atom. The van der Waals surface area contributed by atoms with E-state index in [0.717, 1.165) is 18.4 Å². The number of hydrogen-bond acceptors (Lipinski definition) is 7. The molecule has 0 atom stereocenters. The number of sulfonamides is 1. The van der Waals surface area contributed by atoms with Gasteiger partial charge in [0.2, 0.25) is 10.0 Å². The van der Waals surface area contributed by atoms with Crippen LogP contribution in [0.1, 0.15) is 28.9 Å². The van der Waals surface area contributed by atoms with Crippen LogP contribution < -0.4 is 15.8 Å². The zero-order valence-electron chi connectivity index (χ0n) is 18.2. The summed E-state index contributed by atoms with van der Waals surface area (Å²) in [5, 5.41) is 2.78. The summed E-state index contributed by atoms with van der Waals surface area (Å²) < 4.78 is 32.2. The van der Waals surface area contributed by atoms with Crippen molar-refractivity contribution >= 4 is 21.7 Å². The second-order valence-electron chi connectivity index (χ2n) is 7.62. The van der Waals surface area contributed by atoms with Crippen LogP contribution in [0.3, 0.4) is 0 Å². The number of anilines is 1. The van der Waals surface area contributed by atoms with Gasteiger partial charge in [0.1, 0.15) is 5.75 Å². The third kappa shape index (κ3) is 4.81. The first-order valence-electron chi connectivity index (χ1n) is 10.5. The molecule has 3 N–H and O–H groups in total. The number of para-hydroxylation sites is 1. The molecule has 1 aromatic heterocycles. The molecule has 4 rings (SSSR count). The zero-order chi connectivity index (χ0) is 23.4. The van der Waals surface area contributed by atoms with Gasteiger partial charge in [-0.25, -0.2) is 18.4 Å². The van der Waals surface area contributed by atoms with Crippen LogP contribution in [0.15, 0.2) is 59.6 Å². The van der Waals surface area contributed by atoms with Gasteiger partial charge in [-0.15, -0.1) is 0 Å². The Balaban J connectivity index is 1.52. The lowest BCUT2D eigenvalue weighted by atomic mass is 10.1. The molecule has 9 nitrogen and oxygen atoms in total. The lowest BCUT2D eigenvalue weighted by Crippen LogP contribution is -2.27. The highest BCUT2D eigenvalue weighted by molar-refractivity contribution is 7.89. The number of nitrogen functional groups attached to an aromatic ring is 1. The van der Waals surface area contributed by atoms with E-state index in [9.17, 15) is 13.2 Å². The summed E-state index contributed by atoms with van der Waals surface area (Å²) in [6.45, 7) is 1.32. The van der Waals surface area contributed by atoms with Crippen LogP contribution in [-0.4, -0.2) is 48.8 Å². The van der Waals surface area contributed by atoms with E-state index in [4.69, 9.17) is 10.5 Å². The Morgan fingerprint density at radius 3 is 2.52 bits per heavy atom. The molecule has 3 aromatic rings. The van der Waals surface area contributed by atoms with Gasteiger partial charge in [0.15, 0.2) is 11.5 Å². The van der Waals surface area contributed by atoms with Crippen molar-refractivity contribution in [2.45, 2.75) is 24.3 Å². The molecular weight excluding hydrogens is 442 g/mol. The van der Waals surface area contributed by atoms with Gasteiger partial charge in [0.05, 0.1) is 23.9 Å². The van der Waals surface area contributed by atoms with E-state index in [2.05, 4.69) is 15.3 Å².